The van der Waals surface area contributed by atoms with Gasteiger partial charge < -0.3 is 19.5 Å². The largest absolute Gasteiger partial charge is 0.497 e. The van der Waals surface area contributed by atoms with E-state index in [0.717, 1.165) is 43.8 Å². The Kier molecular flexibility index (Phi) is 4.09. The van der Waals surface area contributed by atoms with Gasteiger partial charge >= 0.3 is 0 Å². The monoisotopic (exact) mass is 291 g/mol. The number of methoxy groups -OCH3 is 1. The van der Waals surface area contributed by atoms with Gasteiger partial charge in [-0.1, -0.05) is 6.92 Å². The van der Waals surface area contributed by atoms with Crippen molar-refractivity contribution in [3.63, 3.8) is 0 Å². The molecule has 1 aromatic rings. The molecule has 4 heteroatoms. The van der Waals surface area contributed by atoms with Crippen LogP contribution in [0.25, 0.3) is 0 Å². The van der Waals surface area contributed by atoms with E-state index in [1.165, 1.54) is 5.56 Å². The molecule has 1 fully saturated rings. The molecule has 21 heavy (non-hydrogen) atoms. The van der Waals surface area contributed by atoms with Gasteiger partial charge in [0.25, 0.3) is 0 Å². The van der Waals surface area contributed by atoms with Gasteiger partial charge in [0.1, 0.15) is 17.1 Å². The maximum atomic E-state index is 6.45. The van der Waals surface area contributed by atoms with Gasteiger partial charge in [-0.25, -0.2) is 0 Å². The van der Waals surface area contributed by atoms with Crippen LogP contribution < -0.4 is 14.8 Å². The normalized spacial score (nSPS) is 31.6. The van der Waals surface area contributed by atoms with E-state index in [4.69, 9.17) is 14.2 Å². The minimum absolute atomic E-state index is 0.0891. The summed E-state index contributed by atoms with van der Waals surface area (Å²) in [7, 11) is 3.72. The van der Waals surface area contributed by atoms with Crippen molar-refractivity contribution in [2.75, 3.05) is 20.8 Å². The third-order valence-electron chi connectivity index (χ3n) is 4.81. The van der Waals surface area contributed by atoms with Crippen molar-refractivity contribution < 1.29 is 14.2 Å². The zero-order valence-corrected chi connectivity index (χ0v) is 13.1. The van der Waals surface area contributed by atoms with E-state index in [1.807, 2.05) is 19.2 Å². The average Bonchev–Trinajstić information content (AvgIpc) is 2.53. The number of ether oxygens (including phenoxy) is 3. The molecule has 1 spiro atoms. The molecular formula is C17H25NO3. The second kappa shape index (κ2) is 5.85. The molecule has 116 valence electrons. The number of benzene rings is 1. The molecule has 0 saturated carbocycles. The Morgan fingerprint density at radius 3 is 2.95 bits per heavy atom. The van der Waals surface area contributed by atoms with E-state index < -0.39 is 0 Å². The summed E-state index contributed by atoms with van der Waals surface area (Å²) in [5.41, 5.74) is 1.11. The molecule has 2 aliphatic heterocycles. The SMILES string of the molecule is CCC1CC2(CCO1)CC(NC)c1cc(OC)ccc1O2. The third-order valence-corrected chi connectivity index (χ3v) is 4.81. The van der Waals surface area contributed by atoms with E-state index in [1.54, 1.807) is 7.11 Å². The van der Waals surface area contributed by atoms with E-state index in [-0.39, 0.29) is 5.60 Å². The minimum Gasteiger partial charge on any atom is -0.497 e. The van der Waals surface area contributed by atoms with E-state index in [9.17, 15) is 0 Å². The van der Waals surface area contributed by atoms with Crippen LogP contribution in [0.5, 0.6) is 11.5 Å². The Morgan fingerprint density at radius 1 is 1.38 bits per heavy atom. The van der Waals surface area contributed by atoms with Gasteiger partial charge in [0.2, 0.25) is 0 Å². The lowest BCUT2D eigenvalue weighted by Gasteiger charge is -2.46. The van der Waals surface area contributed by atoms with Crippen LogP contribution in [0.3, 0.4) is 0 Å². The molecule has 0 bridgehead atoms. The molecule has 3 rings (SSSR count). The van der Waals surface area contributed by atoms with Crippen molar-refractivity contribution in [2.45, 2.75) is 50.4 Å². The predicted molar refractivity (Wildman–Crippen MR) is 82.0 cm³/mol. The summed E-state index contributed by atoms with van der Waals surface area (Å²) in [5.74, 6) is 1.87. The molecule has 1 aromatic carbocycles. The summed E-state index contributed by atoms with van der Waals surface area (Å²) >= 11 is 0. The zero-order valence-electron chi connectivity index (χ0n) is 13.1. The second-order valence-electron chi connectivity index (χ2n) is 6.09. The fourth-order valence-electron chi connectivity index (χ4n) is 3.56. The average molecular weight is 291 g/mol. The first-order valence-corrected chi connectivity index (χ1v) is 7.85. The Bertz CT molecular complexity index is 505. The lowest BCUT2D eigenvalue weighted by molar-refractivity contribution is -0.103. The van der Waals surface area contributed by atoms with E-state index >= 15 is 0 Å². The first-order chi connectivity index (χ1) is 10.2. The Balaban J connectivity index is 1.91. The third kappa shape index (κ3) is 2.74. The molecular weight excluding hydrogens is 266 g/mol. The van der Waals surface area contributed by atoms with Crippen molar-refractivity contribution in [3.05, 3.63) is 23.8 Å². The molecule has 0 radical (unpaired) electrons. The summed E-state index contributed by atoms with van der Waals surface area (Å²) in [4.78, 5) is 0. The highest BCUT2D eigenvalue weighted by Crippen LogP contribution is 2.46. The van der Waals surface area contributed by atoms with Gasteiger partial charge in [-0.05, 0) is 31.7 Å². The number of rotatable bonds is 3. The highest BCUT2D eigenvalue weighted by Gasteiger charge is 2.44. The number of hydrogen-bond donors (Lipinski definition) is 1. The predicted octanol–water partition coefficient (Wildman–Crippen LogP) is 3.07. The van der Waals surface area contributed by atoms with Gasteiger partial charge in [0, 0.05) is 30.9 Å². The van der Waals surface area contributed by atoms with Crippen LogP contribution in [-0.4, -0.2) is 32.5 Å². The molecule has 2 aliphatic rings. The Hall–Kier alpha value is -1.26. The molecule has 0 aromatic heterocycles. The summed E-state index contributed by atoms with van der Waals surface area (Å²) in [6.45, 7) is 2.97. The topological polar surface area (TPSA) is 39.7 Å². The molecule has 2 heterocycles. The highest BCUT2D eigenvalue weighted by atomic mass is 16.5. The lowest BCUT2D eigenvalue weighted by atomic mass is 9.79. The van der Waals surface area contributed by atoms with Crippen molar-refractivity contribution in [1.82, 2.24) is 5.32 Å². The molecule has 4 nitrogen and oxygen atoms in total. The van der Waals surface area contributed by atoms with Crippen LogP contribution in [0.1, 0.15) is 44.2 Å². The fourth-order valence-corrected chi connectivity index (χ4v) is 3.56. The van der Waals surface area contributed by atoms with E-state index in [2.05, 4.69) is 18.3 Å². The van der Waals surface area contributed by atoms with Crippen molar-refractivity contribution in [3.8, 4) is 11.5 Å². The minimum atomic E-state index is -0.0891. The van der Waals surface area contributed by atoms with Crippen LogP contribution in [0.4, 0.5) is 0 Å². The smallest absolute Gasteiger partial charge is 0.125 e. The number of hydrogen-bond acceptors (Lipinski definition) is 4. The van der Waals surface area contributed by atoms with Crippen LogP contribution in [-0.2, 0) is 4.74 Å². The Morgan fingerprint density at radius 2 is 2.24 bits per heavy atom. The number of fused-ring (bicyclic) bond motifs is 1. The van der Waals surface area contributed by atoms with Crippen LogP contribution in [0.2, 0.25) is 0 Å². The summed E-state index contributed by atoms with van der Waals surface area (Å²) < 4.78 is 17.6. The van der Waals surface area contributed by atoms with Gasteiger partial charge in [-0.2, -0.15) is 0 Å². The van der Waals surface area contributed by atoms with Gasteiger partial charge in [0.15, 0.2) is 0 Å². The lowest BCUT2D eigenvalue weighted by Crippen LogP contribution is -2.49. The molecule has 3 unspecified atom stereocenters. The second-order valence-corrected chi connectivity index (χ2v) is 6.09. The van der Waals surface area contributed by atoms with Crippen molar-refractivity contribution in [2.24, 2.45) is 0 Å². The number of nitrogens with one attached hydrogen (secondary N) is 1. The first kappa shape index (κ1) is 14.7. The maximum Gasteiger partial charge on any atom is 0.125 e. The van der Waals surface area contributed by atoms with E-state index in [0.29, 0.717) is 12.1 Å². The quantitative estimate of drug-likeness (QED) is 0.929. The van der Waals surface area contributed by atoms with Crippen LogP contribution >= 0.6 is 0 Å². The first-order valence-electron chi connectivity index (χ1n) is 7.85. The fraction of sp³-hybridized carbons (Fsp3) is 0.647. The highest BCUT2D eigenvalue weighted by molar-refractivity contribution is 5.44. The van der Waals surface area contributed by atoms with Gasteiger partial charge in [0.05, 0.1) is 19.8 Å². The van der Waals surface area contributed by atoms with Crippen molar-refractivity contribution >= 4 is 0 Å². The van der Waals surface area contributed by atoms with Crippen LogP contribution in [0, 0.1) is 0 Å². The molecule has 0 aliphatic carbocycles. The molecule has 1 N–H and O–H groups in total. The summed E-state index contributed by atoms with van der Waals surface area (Å²) in [6, 6.07) is 6.40. The zero-order chi connectivity index (χ0) is 14.9. The Labute approximate surface area is 126 Å². The van der Waals surface area contributed by atoms with Crippen molar-refractivity contribution in [1.29, 1.82) is 0 Å². The maximum absolute atomic E-state index is 6.45. The van der Waals surface area contributed by atoms with Gasteiger partial charge in [-0.3, -0.25) is 0 Å². The molecule has 3 atom stereocenters. The van der Waals surface area contributed by atoms with Crippen LogP contribution in [0.15, 0.2) is 18.2 Å². The molecule has 0 amide bonds. The summed E-state index contributed by atoms with van der Waals surface area (Å²) in [5, 5.41) is 3.44. The summed E-state index contributed by atoms with van der Waals surface area (Å²) in [6.07, 6.45) is 4.30. The standard InChI is InChI=1S/C17H25NO3/c1-4-12-10-17(7-8-20-12)11-15(18-2)14-9-13(19-3)5-6-16(14)21-17/h5-6,9,12,15,18H,4,7-8,10-11H2,1-3H3. The molecule has 1 saturated heterocycles. The van der Waals surface area contributed by atoms with Gasteiger partial charge in [-0.15, -0.1) is 0 Å².